The highest BCUT2D eigenvalue weighted by Gasteiger charge is 2.22. The van der Waals surface area contributed by atoms with Crippen molar-refractivity contribution in [1.29, 1.82) is 0 Å². The van der Waals surface area contributed by atoms with Gasteiger partial charge in [0.05, 0.1) is 31.4 Å². The van der Waals surface area contributed by atoms with Crippen LogP contribution in [0.3, 0.4) is 0 Å². The Morgan fingerprint density at radius 1 is 1.20 bits per heavy atom. The molecule has 20 heavy (non-hydrogen) atoms. The van der Waals surface area contributed by atoms with Gasteiger partial charge >= 0.3 is 5.97 Å². The van der Waals surface area contributed by atoms with Crippen molar-refractivity contribution in [1.82, 2.24) is 4.90 Å². The van der Waals surface area contributed by atoms with E-state index < -0.39 is 5.97 Å². The molecule has 7 heteroatoms. The van der Waals surface area contributed by atoms with E-state index in [0.717, 1.165) is 0 Å². The van der Waals surface area contributed by atoms with Crippen LogP contribution in [0, 0.1) is 0 Å². The summed E-state index contributed by atoms with van der Waals surface area (Å²) >= 11 is 3.31. The van der Waals surface area contributed by atoms with Gasteiger partial charge in [0.25, 0.3) is 5.91 Å². The zero-order valence-corrected chi connectivity index (χ0v) is 13.3. The second-order valence-corrected chi connectivity index (χ2v) is 4.78. The van der Waals surface area contributed by atoms with Gasteiger partial charge in [-0.15, -0.1) is 0 Å². The zero-order chi connectivity index (χ0) is 15.3. The summed E-state index contributed by atoms with van der Waals surface area (Å²) in [5.74, 6) is 0.0219. The number of amides is 1. The van der Waals surface area contributed by atoms with E-state index in [1.807, 2.05) is 0 Å². The predicted octanol–water partition coefficient (Wildman–Crippen LogP) is 1.71. The third kappa shape index (κ3) is 3.63. The first-order chi connectivity index (χ1) is 9.44. The van der Waals surface area contributed by atoms with Gasteiger partial charge in [0.15, 0.2) is 0 Å². The number of methoxy groups -OCH3 is 3. The van der Waals surface area contributed by atoms with Gasteiger partial charge in [0.1, 0.15) is 18.0 Å². The number of carbonyl (C=O) groups excluding carboxylic acids is 2. The number of esters is 1. The van der Waals surface area contributed by atoms with E-state index in [2.05, 4.69) is 20.7 Å². The van der Waals surface area contributed by atoms with Crippen molar-refractivity contribution >= 4 is 27.8 Å². The van der Waals surface area contributed by atoms with Crippen LogP contribution in [0.25, 0.3) is 0 Å². The van der Waals surface area contributed by atoms with Crippen molar-refractivity contribution in [3.63, 3.8) is 0 Å². The van der Waals surface area contributed by atoms with Crippen LogP contribution in [-0.4, -0.2) is 51.7 Å². The highest BCUT2D eigenvalue weighted by atomic mass is 79.9. The number of likely N-dealkylation sites (N-methyl/N-ethyl adjacent to an activating group) is 1. The van der Waals surface area contributed by atoms with Crippen LogP contribution in [0.4, 0.5) is 0 Å². The SMILES string of the molecule is COC(=O)CN(C)C(=O)c1cc(OC)cc(Br)c1OC. The number of benzene rings is 1. The second kappa shape index (κ2) is 7.14. The Kier molecular flexibility index (Phi) is 5.82. The van der Waals surface area contributed by atoms with Crippen LogP contribution in [-0.2, 0) is 9.53 Å². The standard InChI is InChI=1S/C13H16BrNO5/c1-15(7-11(16)19-3)13(17)9-5-8(18-2)6-10(14)12(9)20-4/h5-6H,7H2,1-4H3. The van der Waals surface area contributed by atoms with Gasteiger partial charge in [-0.25, -0.2) is 0 Å². The molecule has 0 aliphatic carbocycles. The molecule has 110 valence electrons. The molecule has 0 saturated carbocycles. The first-order valence-electron chi connectivity index (χ1n) is 5.68. The van der Waals surface area contributed by atoms with E-state index >= 15 is 0 Å². The van der Waals surface area contributed by atoms with E-state index in [-0.39, 0.29) is 12.5 Å². The number of rotatable bonds is 5. The van der Waals surface area contributed by atoms with Crippen molar-refractivity contribution in [2.75, 3.05) is 34.9 Å². The lowest BCUT2D eigenvalue weighted by atomic mass is 10.1. The summed E-state index contributed by atoms with van der Waals surface area (Å²) < 4.78 is 15.5. The van der Waals surface area contributed by atoms with Gasteiger partial charge in [-0.2, -0.15) is 0 Å². The normalized spacial score (nSPS) is 9.85. The van der Waals surface area contributed by atoms with E-state index in [0.29, 0.717) is 21.5 Å². The molecule has 0 aliphatic heterocycles. The summed E-state index contributed by atoms with van der Waals surface area (Å²) in [5.41, 5.74) is 0.296. The molecule has 0 heterocycles. The molecule has 0 atom stereocenters. The fourth-order valence-electron chi connectivity index (χ4n) is 1.59. The molecule has 1 amide bonds. The number of halogens is 1. The summed E-state index contributed by atoms with van der Waals surface area (Å²) in [6.45, 7) is -0.146. The number of hydrogen-bond acceptors (Lipinski definition) is 5. The average molecular weight is 346 g/mol. The van der Waals surface area contributed by atoms with Gasteiger partial charge < -0.3 is 19.1 Å². The highest BCUT2D eigenvalue weighted by Crippen LogP contribution is 2.34. The van der Waals surface area contributed by atoms with E-state index in [1.165, 1.54) is 33.3 Å². The van der Waals surface area contributed by atoms with Crippen molar-refractivity contribution in [2.24, 2.45) is 0 Å². The van der Waals surface area contributed by atoms with Gasteiger partial charge in [0.2, 0.25) is 0 Å². The smallest absolute Gasteiger partial charge is 0.325 e. The maximum absolute atomic E-state index is 12.4. The number of hydrogen-bond donors (Lipinski definition) is 0. The molecule has 6 nitrogen and oxygen atoms in total. The minimum Gasteiger partial charge on any atom is -0.497 e. The number of ether oxygens (including phenoxy) is 3. The van der Waals surface area contributed by atoms with E-state index in [1.54, 1.807) is 12.1 Å². The fraction of sp³-hybridized carbons (Fsp3) is 0.385. The summed E-state index contributed by atoms with van der Waals surface area (Å²) in [6.07, 6.45) is 0. The lowest BCUT2D eigenvalue weighted by Gasteiger charge is -2.18. The lowest BCUT2D eigenvalue weighted by molar-refractivity contribution is -0.141. The Bertz CT molecular complexity index is 518. The molecule has 0 saturated heterocycles. The Balaban J connectivity index is 3.13. The summed E-state index contributed by atoms with van der Waals surface area (Å²) in [5, 5.41) is 0. The fourth-order valence-corrected chi connectivity index (χ4v) is 2.19. The molecule has 1 rings (SSSR count). The molecular weight excluding hydrogens is 330 g/mol. The Morgan fingerprint density at radius 3 is 2.35 bits per heavy atom. The number of carbonyl (C=O) groups is 2. The highest BCUT2D eigenvalue weighted by molar-refractivity contribution is 9.10. The van der Waals surface area contributed by atoms with Crippen molar-refractivity contribution in [2.45, 2.75) is 0 Å². The van der Waals surface area contributed by atoms with Crippen LogP contribution >= 0.6 is 15.9 Å². The molecule has 0 aromatic heterocycles. The largest absolute Gasteiger partial charge is 0.497 e. The van der Waals surface area contributed by atoms with Crippen LogP contribution in [0.5, 0.6) is 11.5 Å². The Morgan fingerprint density at radius 2 is 1.85 bits per heavy atom. The van der Waals surface area contributed by atoms with Crippen LogP contribution < -0.4 is 9.47 Å². The van der Waals surface area contributed by atoms with Crippen molar-refractivity contribution in [3.05, 3.63) is 22.2 Å². The average Bonchev–Trinajstić information content (AvgIpc) is 2.45. The monoisotopic (exact) mass is 345 g/mol. The van der Waals surface area contributed by atoms with Crippen LogP contribution in [0.1, 0.15) is 10.4 Å². The van der Waals surface area contributed by atoms with Gasteiger partial charge in [0, 0.05) is 7.05 Å². The molecule has 0 fully saturated rings. The van der Waals surface area contributed by atoms with Crippen LogP contribution in [0.15, 0.2) is 16.6 Å². The van der Waals surface area contributed by atoms with Gasteiger partial charge in [-0.3, -0.25) is 9.59 Å². The first kappa shape index (κ1) is 16.3. The topological polar surface area (TPSA) is 65.1 Å². The summed E-state index contributed by atoms with van der Waals surface area (Å²) in [4.78, 5) is 24.8. The maximum Gasteiger partial charge on any atom is 0.325 e. The van der Waals surface area contributed by atoms with Crippen molar-refractivity contribution in [3.8, 4) is 11.5 Å². The molecule has 0 N–H and O–H groups in total. The lowest BCUT2D eigenvalue weighted by Crippen LogP contribution is -2.32. The molecule has 0 unspecified atom stereocenters. The predicted molar refractivity (Wildman–Crippen MR) is 76.2 cm³/mol. The second-order valence-electron chi connectivity index (χ2n) is 3.93. The molecule has 0 radical (unpaired) electrons. The Labute approximate surface area is 125 Å². The van der Waals surface area contributed by atoms with Gasteiger partial charge in [-0.05, 0) is 28.1 Å². The summed E-state index contributed by atoms with van der Waals surface area (Å²) in [7, 11) is 5.74. The quantitative estimate of drug-likeness (QED) is 0.760. The van der Waals surface area contributed by atoms with Gasteiger partial charge in [-0.1, -0.05) is 0 Å². The molecule has 0 spiro atoms. The van der Waals surface area contributed by atoms with Crippen molar-refractivity contribution < 1.29 is 23.8 Å². The summed E-state index contributed by atoms with van der Waals surface area (Å²) in [6, 6.07) is 3.25. The van der Waals surface area contributed by atoms with Crippen LogP contribution in [0.2, 0.25) is 0 Å². The van der Waals surface area contributed by atoms with E-state index in [4.69, 9.17) is 9.47 Å². The molecule has 1 aromatic rings. The first-order valence-corrected chi connectivity index (χ1v) is 6.47. The third-order valence-corrected chi connectivity index (χ3v) is 3.22. The van der Waals surface area contributed by atoms with E-state index in [9.17, 15) is 9.59 Å². The molecule has 0 aliphatic rings. The molecule has 0 bridgehead atoms. The minimum atomic E-state index is -0.498. The maximum atomic E-state index is 12.4. The Hall–Kier alpha value is -1.76. The zero-order valence-electron chi connectivity index (χ0n) is 11.7. The molecule has 1 aromatic carbocycles. The minimum absolute atomic E-state index is 0.146. The third-order valence-electron chi connectivity index (χ3n) is 2.63. The molecular formula is C13H16BrNO5. The number of nitrogens with zero attached hydrogens (tertiary/aromatic N) is 1.